The molecule has 0 amide bonds. The van der Waals surface area contributed by atoms with Crippen LogP contribution in [-0.2, 0) is 16.8 Å². The van der Waals surface area contributed by atoms with E-state index in [9.17, 15) is 4.79 Å². The lowest BCUT2D eigenvalue weighted by molar-refractivity contribution is -0.137. The van der Waals surface area contributed by atoms with Crippen LogP contribution in [0.15, 0.2) is 12.1 Å². The molecule has 0 radical (unpaired) electrons. The third-order valence-electron chi connectivity index (χ3n) is 2.53. The highest BCUT2D eigenvalue weighted by molar-refractivity contribution is 7.12. The van der Waals surface area contributed by atoms with E-state index in [1.807, 2.05) is 23.3 Å². The minimum absolute atomic E-state index is 0.197. The Kier molecular flexibility index (Phi) is 4.71. The average Bonchev–Trinajstić information content (AvgIpc) is 2.62. The van der Waals surface area contributed by atoms with Crippen LogP contribution in [0.25, 0.3) is 0 Å². The number of aliphatic carboxylic acids is 1. The molecule has 0 aliphatic heterocycles. The topological polar surface area (TPSA) is 40.5 Å². The van der Waals surface area contributed by atoms with Gasteiger partial charge in [-0.25, -0.2) is 0 Å². The Morgan fingerprint density at radius 2 is 2.06 bits per heavy atom. The van der Waals surface area contributed by atoms with Gasteiger partial charge >= 0.3 is 5.97 Å². The summed E-state index contributed by atoms with van der Waals surface area (Å²) in [5, 5.41) is 8.62. The molecule has 0 aliphatic carbocycles. The lowest BCUT2D eigenvalue weighted by Crippen LogP contribution is -2.20. The molecule has 4 heteroatoms. The first-order valence-corrected chi connectivity index (χ1v) is 6.60. The second-order valence-electron chi connectivity index (χ2n) is 5.40. The van der Waals surface area contributed by atoms with Crippen LogP contribution >= 0.6 is 11.3 Å². The number of nitrogens with zero attached hydrogens (tertiary/aromatic N) is 1. The average molecular weight is 255 g/mol. The molecule has 1 N–H and O–H groups in total. The molecule has 0 saturated heterocycles. The summed E-state index contributed by atoms with van der Waals surface area (Å²) in [5.41, 5.74) is 0.197. The summed E-state index contributed by atoms with van der Waals surface area (Å²) in [7, 11) is 1.96. The van der Waals surface area contributed by atoms with Crippen molar-refractivity contribution in [3.8, 4) is 0 Å². The zero-order chi connectivity index (χ0) is 13.1. The van der Waals surface area contributed by atoms with Gasteiger partial charge in [0, 0.05) is 22.8 Å². The Morgan fingerprint density at radius 1 is 1.41 bits per heavy atom. The second-order valence-corrected chi connectivity index (χ2v) is 6.57. The van der Waals surface area contributed by atoms with Gasteiger partial charge in [0.05, 0.1) is 6.42 Å². The summed E-state index contributed by atoms with van der Waals surface area (Å²) in [6.45, 7) is 8.04. The Morgan fingerprint density at radius 3 is 2.53 bits per heavy atom. The molecule has 0 spiro atoms. The maximum Gasteiger partial charge on any atom is 0.304 e. The fraction of sp³-hybridized carbons (Fsp3) is 0.615. The van der Waals surface area contributed by atoms with Gasteiger partial charge in [0.25, 0.3) is 0 Å². The second kappa shape index (κ2) is 5.65. The van der Waals surface area contributed by atoms with Crippen LogP contribution in [0.1, 0.15) is 36.9 Å². The van der Waals surface area contributed by atoms with Crippen LogP contribution in [-0.4, -0.2) is 29.6 Å². The lowest BCUT2D eigenvalue weighted by Gasteiger charge is -2.16. The summed E-state index contributed by atoms with van der Waals surface area (Å²) in [5.74, 6) is -0.738. The number of carbonyl (C=O) groups is 1. The maximum absolute atomic E-state index is 10.5. The molecule has 0 fully saturated rings. The molecule has 0 aliphatic rings. The van der Waals surface area contributed by atoms with E-state index in [1.54, 1.807) is 0 Å². The van der Waals surface area contributed by atoms with Gasteiger partial charge in [0.1, 0.15) is 0 Å². The van der Waals surface area contributed by atoms with E-state index in [2.05, 4.69) is 32.9 Å². The summed E-state index contributed by atoms with van der Waals surface area (Å²) in [4.78, 5) is 15.2. The van der Waals surface area contributed by atoms with Crippen LogP contribution < -0.4 is 0 Å². The number of carboxylic acid groups (broad SMARTS) is 1. The predicted octanol–water partition coefficient (Wildman–Crippen LogP) is 2.95. The fourth-order valence-corrected chi connectivity index (χ4v) is 2.64. The largest absolute Gasteiger partial charge is 0.481 e. The van der Waals surface area contributed by atoms with E-state index in [0.717, 1.165) is 6.54 Å². The molecule has 1 aromatic rings. The molecule has 1 aromatic heterocycles. The van der Waals surface area contributed by atoms with Crippen molar-refractivity contribution in [1.29, 1.82) is 0 Å². The molecule has 17 heavy (non-hydrogen) atoms. The van der Waals surface area contributed by atoms with E-state index < -0.39 is 5.97 Å². The van der Waals surface area contributed by atoms with E-state index in [4.69, 9.17) is 5.11 Å². The zero-order valence-electron chi connectivity index (χ0n) is 11.0. The first-order valence-electron chi connectivity index (χ1n) is 5.78. The van der Waals surface area contributed by atoms with Crippen molar-refractivity contribution in [3.05, 3.63) is 21.9 Å². The van der Waals surface area contributed by atoms with Crippen molar-refractivity contribution in [2.24, 2.45) is 0 Å². The predicted molar refractivity (Wildman–Crippen MR) is 71.6 cm³/mol. The van der Waals surface area contributed by atoms with Crippen molar-refractivity contribution in [3.63, 3.8) is 0 Å². The van der Waals surface area contributed by atoms with Gasteiger partial charge in [-0.3, -0.25) is 4.79 Å². The minimum atomic E-state index is -0.738. The number of thiophene rings is 1. The fourth-order valence-electron chi connectivity index (χ4n) is 1.50. The highest BCUT2D eigenvalue weighted by Crippen LogP contribution is 2.29. The molecule has 0 bridgehead atoms. The van der Waals surface area contributed by atoms with E-state index in [1.165, 1.54) is 9.75 Å². The van der Waals surface area contributed by atoms with Crippen molar-refractivity contribution >= 4 is 17.3 Å². The van der Waals surface area contributed by atoms with Crippen LogP contribution in [0.5, 0.6) is 0 Å². The van der Waals surface area contributed by atoms with Gasteiger partial charge in [0.2, 0.25) is 0 Å². The SMILES string of the molecule is CN(CCC(=O)O)Cc1ccc(C(C)(C)C)s1. The van der Waals surface area contributed by atoms with Crippen LogP contribution in [0.4, 0.5) is 0 Å². The highest BCUT2D eigenvalue weighted by atomic mass is 32.1. The van der Waals surface area contributed by atoms with Crippen molar-refractivity contribution in [2.75, 3.05) is 13.6 Å². The summed E-state index contributed by atoms with van der Waals surface area (Å²) >= 11 is 1.81. The first-order chi connectivity index (χ1) is 7.79. The number of hydrogen-bond donors (Lipinski definition) is 1. The van der Waals surface area contributed by atoms with E-state index >= 15 is 0 Å². The van der Waals surface area contributed by atoms with Gasteiger partial charge in [-0.05, 0) is 24.6 Å². The molecule has 3 nitrogen and oxygen atoms in total. The Balaban J connectivity index is 2.52. The van der Waals surface area contributed by atoms with Crippen LogP contribution in [0.3, 0.4) is 0 Å². The third kappa shape index (κ3) is 4.88. The molecule has 0 aromatic carbocycles. The van der Waals surface area contributed by atoms with Crippen molar-refractivity contribution in [1.82, 2.24) is 4.90 Å². The van der Waals surface area contributed by atoms with E-state index in [0.29, 0.717) is 6.54 Å². The molecular weight excluding hydrogens is 234 g/mol. The standard InChI is InChI=1S/C13H21NO2S/c1-13(2,3)11-6-5-10(17-11)9-14(4)8-7-12(15)16/h5-6H,7-9H2,1-4H3,(H,15,16). The molecule has 0 atom stereocenters. The highest BCUT2D eigenvalue weighted by Gasteiger charge is 2.16. The molecule has 0 saturated carbocycles. The molecule has 96 valence electrons. The van der Waals surface area contributed by atoms with Gasteiger partial charge in [-0.15, -0.1) is 11.3 Å². The van der Waals surface area contributed by atoms with Crippen LogP contribution in [0.2, 0.25) is 0 Å². The van der Waals surface area contributed by atoms with E-state index in [-0.39, 0.29) is 11.8 Å². The minimum Gasteiger partial charge on any atom is -0.481 e. The molecule has 0 unspecified atom stereocenters. The smallest absolute Gasteiger partial charge is 0.304 e. The van der Waals surface area contributed by atoms with Gasteiger partial charge in [0.15, 0.2) is 0 Å². The van der Waals surface area contributed by atoms with Crippen molar-refractivity contribution < 1.29 is 9.90 Å². The molecule has 1 rings (SSSR count). The maximum atomic E-state index is 10.5. The van der Waals surface area contributed by atoms with Gasteiger partial charge in [-0.1, -0.05) is 20.8 Å². The van der Waals surface area contributed by atoms with Crippen molar-refractivity contribution in [2.45, 2.75) is 39.2 Å². The quantitative estimate of drug-likeness (QED) is 0.879. The Hall–Kier alpha value is -0.870. The monoisotopic (exact) mass is 255 g/mol. The van der Waals surface area contributed by atoms with Gasteiger partial charge < -0.3 is 10.0 Å². The van der Waals surface area contributed by atoms with Crippen LogP contribution in [0, 0.1) is 0 Å². The number of rotatable bonds is 5. The zero-order valence-corrected chi connectivity index (χ0v) is 11.8. The lowest BCUT2D eigenvalue weighted by atomic mass is 9.95. The number of hydrogen-bond acceptors (Lipinski definition) is 3. The third-order valence-corrected chi connectivity index (χ3v) is 4.03. The summed E-state index contributed by atoms with van der Waals surface area (Å²) < 4.78 is 0. The Labute approximate surface area is 107 Å². The summed E-state index contributed by atoms with van der Waals surface area (Å²) in [6, 6.07) is 4.31. The van der Waals surface area contributed by atoms with Gasteiger partial charge in [-0.2, -0.15) is 0 Å². The summed E-state index contributed by atoms with van der Waals surface area (Å²) in [6.07, 6.45) is 0.202. The number of carboxylic acids is 1. The first kappa shape index (κ1) is 14.2. The normalized spacial score (nSPS) is 12.1. The molecular formula is C13H21NO2S. The molecule has 1 heterocycles. The Bertz CT molecular complexity index is 379.